The van der Waals surface area contributed by atoms with Gasteiger partial charge in [-0.15, -0.1) is 0 Å². The number of hydrogen-bond acceptors (Lipinski definition) is 3. The predicted octanol–water partition coefficient (Wildman–Crippen LogP) is 3.92. The molecule has 8 heteroatoms. The van der Waals surface area contributed by atoms with E-state index in [-0.39, 0.29) is 11.7 Å². The largest absolute Gasteiger partial charge is 0.338 e. The van der Waals surface area contributed by atoms with Crippen LogP contribution in [0.2, 0.25) is 5.02 Å². The number of carbonyl (C=O) groups excluding carboxylic acids is 1. The van der Waals surface area contributed by atoms with Gasteiger partial charge in [0.05, 0.1) is 17.4 Å². The van der Waals surface area contributed by atoms with Gasteiger partial charge in [0, 0.05) is 30.7 Å². The van der Waals surface area contributed by atoms with Crippen LogP contribution in [0.1, 0.15) is 27.8 Å². The Morgan fingerprint density at radius 1 is 1.21 bits per heavy atom. The van der Waals surface area contributed by atoms with Crippen molar-refractivity contribution in [2.24, 2.45) is 7.05 Å². The lowest BCUT2D eigenvalue weighted by Crippen LogP contribution is -2.31. The first-order valence-electron chi connectivity index (χ1n) is 8.85. The molecular formula is C21H17ClFN5O. The molecule has 0 fully saturated rings. The summed E-state index contributed by atoms with van der Waals surface area (Å²) >= 11 is 6.03. The van der Waals surface area contributed by atoms with Crippen molar-refractivity contribution in [3.05, 3.63) is 101 Å². The van der Waals surface area contributed by atoms with E-state index in [1.54, 1.807) is 58.2 Å². The predicted molar refractivity (Wildman–Crippen MR) is 107 cm³/mol. The van der Waals surface area contributed by atoms with E-state index in [0.29, 0.717) is 22.0 Å². The summed E-state index contributed by atoms with van der Waals surface area (Å²) in [5.74, 6) is -0.147. The average Bonchev–Trinajstić information content (AvgIpc) is 3.35. The van der Waals surface area contributed by atoms with Crippen LogP contribution >= 0.6 is 11.6 Å². The van der Waals surface area contributed by atoms with E-state index < -0.39 is 6.04 Å². The van der Waals surface area contributed by atoms with E-state index in [4.69, 9.17) is 11.6 Å². The number of halogens is 2. The normalized spacial score (nSPS) is 12.0. The first kappa shape index (κ1) is 18.9. The lowest BCUT2D eigenvalue weighted by molar-refractivity contribution is 0.0941. The van der Waals surface area contributed by atoms with Crippen molar-refractivity contribution in [1.29, 1.82) is 0 Å². The van der Waals surface area contributed by atoms with Crippen LogP contribution < -0.4 is 5.32 Å². The van der Waals surface area contributed by atoms with Crippen molar-refractivity contribution in [3.63, 3.8) is 0 Å². The molecule has 0 bridgehead atoms. The summed E-state index contributed by atoms with van der Waals surface area (Å²) in [5.41, 5.74) is 1.69. The molecule has 2 aromatic heterocycles. The van der Waals surface area contributed by atoms with Gasteiger partial charge in [0.2, 0.25) is 0 Å². The molecule has 2 aromatic carbocycles. The maximum atomic E-state index is 13.8. The molecule has 6 nitrogen and oxygen atoms in total. The Kier molecular flexibility index (Phi) is 5.14. The van der Waals surface area contributed by atoms with Crippen molar-refractivity contribution in [1.82, 2.24) is 24.6 Å². The fourth-order valence-corrected chi connectivity index (χ4v) is 3.24. The van der Waals surface area contributed by atoms with E-state index in [0.717, 1.165) is 5.69 Å². The number of hydrogen-bond donors (Lipinski definition) is 1. The minimum Gasteiger partial charge on any atom is -0.338 e. The van der Waals surface area contributed by atoms with Gasteiger partial charge in [0.25, 0.3) is 5.91 Å². The zero-order valence-electron chi connectivity index (χ0n) is 15.5. The molecule has 0 saturated carbocycles. The minimum absolute atomic E-state index is 0.351. The first-order chi connectivity index (χ1) is 14.0. The van der Waals surface area contributed by atoms with Crippen LogP contribution in [-0.4, -0.2) is 25.2 Å². The molecule has 1 N–H and O–H groups in total. The number of amides is 1. The van der Waals surface area contributed by atoms with Crippen LogP contribution in [0, 0.1) is 5.82 Å². The third kappa shape index (κ3) is 4.05. The Labute approximate surface area is 171 Å². The van der Waals surface area contributed by atoms with Crippen LogP contribution in [0.5, 0.6) is 0 Å². The zero-order valence-corrected chi connectivity index (χ0v) is 16.2. The number of carbonyl (C=O) groups is 1. The van der Waals surface area contributed by atoms with E-state index >= 15 is 0 Å². The highest BCUT2D eigenvalue weighted by Crippen LogP contribution is 2.22. The second-order valence-electron chi connectivity index (χ2n) is 6.51. The highest BCUT2D eigenvalue weighted by Gasteiger charge is 2.22. The molecule has 29 heavy (non-hydrogen) atoms. The third-order valence-electron chi connectivity index (χ3n) is 4.49. The van der Waals surface area contributed by atoms with Gasteiger partial charge in [-0.1, -0.05) is 29.8 Å². The van der Waals surface area contributed by atoms with Crippen LogP contribution in [0.15, 0.2) is 73.3 Å². The van der Waals surface area contributed by atoms with Crippen LogP contribution in [0.4, 0.5) is 4.39 Å². The molecule has 0 radical (unpaired) electrons. The number of rotatable bonds is 5. The molecule has 0 aliphatic carbocycles. The van der Waals surface area contributed by atoms with Gasteiger partial charge in [-0.05, 0) is 35.9 Å². The summed E-state index contributed by atoms with van der Waals surface area (Å²) in [6, 6.07) is 12.6. The van der Waals surface area contributed by atoms with Crippen molar-refractivity contribution in [2.75, 3.05) is 0 Å². The van der Waals surface area contributed by atoms with Crippen molar-refractivity contribution >= 4 is 17.5 Å². The van der Waals surface area contributed by atoms with Crippen molar-refractivity contribution in [3.8, 4) is 5.69 Å². The van der Waals surface area contributed by atoms with Crippen molar-refractivity contribution in [2.45, 2.75) is 6.04 Å². The quantitative estimate of drug-likeness (QED) is 0.543. The molecule has 0 aliphatic heterocycles. The first-order valence-corrected chi connectivity index (χ1v) is 9.23. The summed E-state index contributed by atoms with van der Waals surface area (Å²) in [7, 11) is 1.82. The smallest absolute Gasteiger partial charge is 0.255 e. The Morgan fingerprint density at radius 2 is 2.03 bits per heavy atom. The molecule has 1 amide bonds. The Morgan fingerprint density at radius 3 is 2.76 bits per heavy atom. The van der Waals surface area contributed by atoms with Gasteiger partial charge < -0.3 is 9.88 Å². The second kappa shape index (κ2) is 7.89. The monoisotopic (exact) mass is 409 g/mol. The summed E-state index contributed by atoms with van der Waals surface area (Å²) < 4.78 is 17.1. The fourth-order valence-electron chi connectivity index (χ4n) is 3.05. The molecule has 4 rings (SSSR count). The molecule has 4 aromatic rings. The highest BCUT2D eigenvalue weighted by atomic mass is 35.5. The van der Waals surface area contributed by atoms with Gasteiger partial charge in [0.1, 0.15) is 17.7 Å². The topological polar surface area (TPSA) is 64.7 Å². The molecule has 146 valence electrons. The van der Waals surface area contributed by atoms with E-state index in [1.165, 1.54) is 18.3 Å². The van der Waals surface area contributed by atoms with Gasteiger partial charge in [-0.25, -0.2) is 14.1 Å². The molecule has 2 heterocycles. The number of nitrogens with zero attached hydrogens (tertiary/aromatic N) is 4. The Hall–Kier alpha value is -3.45. The number of nitrogens with one attached hydrogen (secondary N) is 1. The highest BCUT2D eigenvalue weighted by molar-refractivity contribution is 6.30. The van der Waals surface area contributed by atoms with E-state index in [1.807, 2.05) is 13.1 Å². The second-order valence-corrected chi connectivity index (χ2v) is 6.95. The molecule has 0 spiro atoms. The molecule has 1 unspecified atom stereocenters. The zero-order chi connectivity index (χ0) is 20.4. The molecule has 0 saturated heterocycles. The summed E-state index contributed by atoms with van der Waals surface area (Å²) in [6.45, 7) is 0. The third-order valence-corrected chi connectivity index (χ3v) is 4.73. The van der Waals surface area contributed by atoms with Crippen LogP contribution in [-0.2, 0) is 7.05 Å². The number of benzene rings is 2. The van der Waals surface area contributed by atoms with Gasteiger partial charge >= 0.3 is 0 Å². The molecule has 0 aliphatic rings. The Balaban J connectivity index is 1.63. The van der Waals surface area contributed by atoms with Gasteiger partial charge in [-0.3, -0.25) is 4.79 Å². The summed E-state index contributed by atoms with van der Waals surface area (Å²) in [4.78, 5) is 17.2. The number of aryl methyl sites for hydroxylation is 1. The van der Waals surface area contributed by atoms with Gasteiger partial charge in [-0.2, -0.15) is 5.10 Å². The SMILES string of the molecule is Cn1ccnc1C(NC(=O)c1cnn(-c2cccc(Cl)c2)c1)c1cccc(F)c1. The molecule has 1 atom stereocenters. The molecular weight excluding hydrogens is 393 g/mol. The summed E-state index contributed by atoms with van der Waals surface area (Å²) in [5, 5.41) is 7.74. The van der Waals surface area contributed by atoms with E-state index in [9.17, 15) is 9.18 Å². The fraction of sp³-hybridized carbons (Fsp3) is 0.0952. The number of aromatic nitrogens is 4. The maximum absolute atomic E-state index is 13.8. The summed E-state index contributed by atoms with van der Waals surface area (Å²) in [6.07, 6.45) is 6.48. The van der Waals surface area contributed by atoms with Crippen molar-refractivity contribution < 1.29 is 9.18 Å². The van der Waals surface area contributed by atoms with Crippen LogP contribution in [0.3, 0.4) is 0 Å². The van der Waals surface area contributed by atoms with Gasteiger partial charge in [0.15, 0.2) is 0 Å². The Bertz CT molecular complexity index is 1170. The van der Waals surface area contributed by atoms with E-state index in [2.05, 4.69) is 15.4 Å². The average molecular weight is 410 g/mol. The standard InChI is InChI=1S/C21H17ClFN5O/c1-27-9-8-24-20(27)19(14-4-2-6-17(23)10-14)26-21(29)15-12-25-28(13-15)18-7-3-5-16(22)11-18/h2-13,19H,1H3,(H,26,29). The number of imidazole rings is 1. The van der Waals surface area contributed by atoms with Crippen LogP contribution in [0.25, 0.3) is 5.69 Å². The minimum atomic E-state index is -0.618. The lowest BCUT2D eigenvalue weighted by Gasteiger charge is -2.19. The maximum Gasteiger partial charge on any atom is 0.255 e. The lowest BCUT2D eigenvalue weighted by atomic mass is 10.1.